The summed E-state index contributed by atoms with van der Waals surface area (Å²) in [6, 6.07) is 16.1. The number of nitrogens with zero attached hydrogens (tertiary/aromatic N) is 4. The molecule has 0 aliphatic rings. The number of nitro groups is 1. The van der Waals surface area contributed by atoms with Crippen LogP contribution in [0.15, 0.2) is 75.4 Å². The molecule has 0 aliphatic carbocycles. The summed E-state index contributed by atoms with van der Waals surface area (Å²) in [4.78, 5) is 14.1. The Labute approximate surface area is 142 Å². The van der Waals surface area contributed by atoms with Crippen molar-refractivity contribution in [2.75, 3.05) is 0 Å². The van der Waals surface area contributed by atoms with Crippen LogP contribution in [0.1, 0.15) is 11.5 Å². The second kappa shape index (κ2) is 7.18. The van der Waals surface area contributed by atoms with E-state index in [2.05, 4.69) is 15.2 Å². The van der Waals surface area contributed by atoms with Crippen molar-refractivity contribution in [3.8, 4) is 11.1 Å². The van der Waals surface area contributed by atoms with E-state index in [1.807, 2.05) is 36.4 Å². The summed E-state index contributed by atoms with van der Waals surface area (Å²) in [5.41, 5.74) is 8.36. The highest BCUT2D eigenvalue weighted by Crippen LogP contribution is 2.18. The molecular weight excluding hydrogens is 322 g/mol. The number of hydrogen-bond donors (Lipinski definition) is 1. The highest BCUT2D eigenvalue weighted by Gasteiger charge is 2.10. The Morgan fingerprint density at radius 3 is 2.68 bits per heavy atom. The van der Waals surface area contributed by atoms with Crippen molar-refractivity contribution in [3.05, 3.63) is 82.4 Å². The molecule has 8 heteroatoms. The smallest absolute Gasteiger partial charge is 0.400 e. The molecule has 2 aromatic heterocycles. The van der Waals surface area contributed by atoms with Crippen LogP contribution < -0.4 is 5.73 Å². The van der Waals surface area contributed by atoms with Gasteiger partial charge in [0.05, 0.1) is 12.3 Å². The number of nitrogens with two attached hydrogens (primary N) is 1. The minimum absolute atomic E-state index is 0.120. The maximum Gasteiger partial charge on any atom is 0.433 e. The lowest BCUT2D eigenvalue weighted by molar-refractivity contribution is -0.402. The SMILES string of the molecule is N/C(=N\N=C\c1ccc([N+](=O)[O-])o1)c1cc(-c2ccccc2)ccn1. The summed E-state index contributed by atoms with van der Waals surface area (Å²) in [6.07, 6.45) is 2.88. The van der Waals surface area contributed by atoms with Crippen LogP contribution in [0.5, 0.6) is 0 Å². The van der Waals surface area contributed by atoms with Crippen molar-refractivity contribution in [2.45, 2.75) is 0 Å². The molecule has 0 bridgehead atoms. The van der Waals surface area contributed by atoms with Gasteiger partial charge in [-0.15, -0.1) is 5.10 Å². The Bertz CT molecular complexity index is 948. The van der Waals surface area contributed by atoms with Crippen molar-refractivity contribution < 1.29 is 9.34 Å². The highest BCUT2D eigenvalue weighted by molar-refractivity contribution is 5.96. The zero-order valence-corrected chi connectivity index (χ0v) is 12.9. The first-order chi connectivity index (χ1) is 12.1. The van der Waals surface area contributed by atoms with E-state index in [4.69, 9.17) is 10.2 Å². The van der Waals surface area contributed by atoms with Crippen LogP contribution in [-0.4, -0.2) is 22.0 Å². The van der Waals surface area contributed by atoms with Crippen LogP contribution in [-0.2, 0) is 0 Å². The van der Waals surface area contributed by atoms with Gasteiger partial charge in [0, 0.05) is 6.20 Å². The summed E-state index contributed by atoms with van der Waals surface area (Å²) >= 11 is 0. The minimum atomic E-state index is -0.631. The fraction of sp³-hybridized carbons (Fsp3) is 0. The third-order valence-electron chi connectivity index (χ3n) is 3.27. The quantitative estimate of drug-likeness (QED) is 0.332. The van der Waals surface area contributed by atoms with Gasteiger partial charge < -0.3 is 10.2 Å². The van der Waals surface area contributed by atoms with Crippen LogP contribution in [0.3, 0.4) is 0 Å². The molecule has 3 aromatic rings. The van der Waals surface area contributed by atoms with Gasteiger partial charge in [0.15, 0.2) is 11.6 Å². The van der Waals surface area contributed by atoms with E-state index in [0.717, 1.165) is 11.1 Å². The summed E-state index contributed by atoms with van der Waals surface area (Å²) in [5.74, 6) is -0.0417. The molecule has 0 aliphatic heterocycles. The molecule has 0 radical (unpaired) electrons. The second-order valence-electron chi connectivity index (χ2n) is 4.96. The maximum atomic E-state index is 10.5. The van der Waals surface area contributed by atoms with E-state index in [1.165, 1.54) is 18.3 Å². The topological polar surface area (TPSA) is 120 Å². The number of benzene rings is 1. The van der Waals surface area contributed by atoms with E-state index in [1.54, 1.807) is 12.3 Å². The number of furan rings is 1. The highest BCUT2D eigenvalue weighted by atomic mass is 16.6. The molecule has 3 rings (SSSR count). The van der Waals surface area contributed by atoms with Crippen molar-refractivity contribution in [1.29, 1.82) is 0 Å². The van der Waals surface area contributed by atoms with Crippen LogP contribution in [0.4, 0.5) is 5.88 Å². The average Bonchev–Trinajstić information content (AvgIpc) is 3.12. The summed E-state index contributed by atoms with van der Waals surface area (Å²) in [6.45, 7) is 0. The van der Waals surface area contributed by atoms with Gasteiger partial charge in [-0.05, 0) is 29.3 Å². The molecule has 0 fully saturated rings. The van der Waals surface area contributed by atoms with Gasteiger partial charge in [-0.1, -0.05) is 30.3 Å². The van der Waals surface area contributed by atoms with E-state index in [9.17, 15) is 10.1 Å². The van der Waals surface area contributed by atoms with Gasteiger partial charge in [-0.25, -0.2) is 0 Å². The fourth-order valence-electron chi connectivity index (χ4n) is 2.09. The maximum absolute atomic E-state index is 10.5. The average molecular weight is 335 g/mol. The van der Waals surface area contributed by atoms with Gasteiger partial charge in [-0.2, -0.15) is 5.10 Å². The molecule has 0 atom stereocenters. The lowest BCUT2D eigenvalue weighted by Crippen LogP contribution is -2.14. The first-order valence-electron chi connectivity index (χ1n) is 7.26. The van der Waals surface area contributed by atoms with Crippen molar-refractivity contribution in [3.63, 3.8) is 0 Å². The molecule has 2 heterocycles. The predicted molar refractivity (Wildman–Crippen MR) is 93.4 cm³/mol. The lowest BCUT2D eigenvalue weighted by Gasteiger charge is -2.03. The minimum Gasteiger partial charge on any atom is -0.400 e. The Balaban J connectivity index is 1.78. The summed E-state index contributed by atoms with van der Waals surface area (Å²) in [5, 5.41) is 18.2. The zero-order valence-electron chi connectivity index (χ0n) is 12.9. The fourth-order valence-corrected chi connectivity index (χ4v) is 2.09. The molecular formula is C17H13N5O3. The number of rotatable bonds is 5. The Morgan fingerprint density at radius 2 is 1.96 bits per heavy atom. The van der Waals surface area contributed by atoms with Crippen LogP contribution >= 0.6 is 0 Å². The largest absolute Gasteiger partial charge is 0.433 e. The van der Waals surface area contributed by atoms with E-state index < -0.39 is 4.92 Å². The van der Waals surface area contributed by atoms with E-state index >= 15 is 0 Å². The van der Waals surface area contributed by atoms with Gasteiger partial charge in [0.25, 0.3) is 0 Å². The Morgan fingerprint density at radius 1 is 1.16 bits per heavy atom. The van der Waals surface area contributed by atoms with Crippen LogP contribution in [0.2, 0.25) is 0 Å². The molecule has 124 valence electrons. The first-order valence-corrected chi connectivity index (χ1v) is 7.26. The third kappa shape index (κ3) is 3.94. The standard InChI is InChI=1S/C17H13N5O3/c18-17(21-20-11-14-6-7-16(25-14)22(23)24)15-10-13(8-9-19-15)12-4-2-1-3-5-12/h1-11H,(H2,18,21)/b20-11+. The molecule has 8 nitrogen and oxygen atoms in total. The van der Waals surface area contributed by atoms with Crippen molar-refractivity contribution in [2.24, 2.45) is 15.9 Å². The Hall–Kier alpha value is -3.81. The molecule has 1 aromatic carbocycles. The number of pyridine rings is 1. The van der Waals surface area contributed by atoms with Gasteiger partial charge in [0.1, 0.15) is 10.6 Å². The molecule has 0 saturated heterocycles. The predicted octanol–water partition coefficient (Wildman–Crippen LogP) is 2.99. The number of hydrogen-bond acceptors (Lipinski definition) is 6. The molecule has 0 saturated carbocycles. The summed E-state index contributed by atoms with van der Waals surface area (Å²) < 4.78 is 4.94. The summed E-state index contributed by atoms with van der Waals surface area (Å²) in [7, 11) is 0. The second-order valence-corrected chi connectivity index (χ2v) is 4.96. The van der Waals surface area contributed by atoms with Crippen LogP contribution in [0.25, 0.3) is 11.1 Å². The number of amidine groups is 1. The van der Waals surface area contributed by atoms with Gasteiger partial charge in [-0.3, -0.25) is 15.1 Å². The van der Waals surface area contributed by atoms with Crippen molar-refractivity contribution in [1.82, 2.24) is 4.98 Å². The molecule has 0 unspecified atom stereocenters. The van der Waals surface area contributed by atoms with Gasteiger partial charge in [0.2, 0.25) is 0 Å². The normalized spacial score (nSPS) is 11.8. The van der Waals surface area contributed by atoms with E-state index in [0.29, 0.717) is 5.69 Å². The Kier molecular flexibility index (Phi) is 4.61. The first kappa shape index (κ1) is 16.1. The molecule has 2 N–H and O–H groups in total. The van der Waals surface area contributed by atoms with Crippen molar-refractivity contribution >= 4 is 17.9 Å². The zero-order chi connectivity index (χ0) is 17.6. The lowest BCUT2D eigenvalue weighted by atomic mass is 10.1. The molecule has 0 amide bonds. The molecule has 25 heavy (non-hydrogen) atoms. The molecule has 0 spiro atoms. The monoisotopic (exact) mass is 335 g/mol. The third-order valence-corrected chi connectivity index (χ3v) is 3.27. The van der Waals surface area contributed by atoms with E-state index in [-0.39, 0.29) is 17.5 Å². The van der Waals surface area contributed by atoms with Crippen LogP contribution in [0, 0.1) is 10.1 Å². The van der Waals surface area contributed by atoms with Gasteiger partial charge >= 0.3 is 5.88 Å². The number of aromatic nitrogens is 1.